The Bertz CT molecular complexity index is 343. The van der Waals surface area contributed by atoms with E-state index in [9.17, 15) is 4.79 Å². The molecule has 0 fully saturated rings. The highest BCUT2D eigenvalue weighted by Gasteiger charge is 1.95. The molecule has 4 nitrogen and oxygen atoms in total. The van der Waals surface area contributed by atoms with Gasteiger partial charge in [-0.25, -0.2) is 9.79 Å². The molecule has 0 aliphatic heterocycles. The first-order valence-corrected chi connectivity index (χ1v) is 4.61. The van der Waals surface area contributed by atoms with E-state index in [-0.39, 0.29) is 0 Å². The number of hydrogen-bond donors (Lipinski definition) is 0. The fourth-order valence-electron chi connectivity index (χ4n) is 0.975. The van der Waals surface area contributed by atoms with Gasteiger partial charge in [-0.05, 0) is 31.2 Å². The SMILES string of the molecule is CCOC(=O)/C=N/c1ccc(OC)cc1. The number of rotatable bonds is 4. The summed E-state index contributed by atoms with van der Waals surface area (Å²) in [7, 11) is 1.59. The fraction of sp³-hybridized carbons (Fsp3) is 0.273. The van der Waals surface area contributed by atoms with E-state index >= 15 is 0 Å². The van der Waals surface area contributed by atoms with E-state index in [1.54, 1.807) is 38.3 Å². The van der Waals surface area contributed by atoms with Crippen molar-refractivity contribution < 1.29 is 14.3 Å². The van der Waals surface area contributed by atoms with Crippen molar-refractivity contribution in [3.8, 4) is 5.75 Å². The molecular formula is C11H13NO3. The third kappa shape index (κ3) is 3.81. The number of methoxy groups -OCH3 is 1. The van der Waals surface area contributed by atoms with Gasteiger partial charge in [0.1, 0.15) is 12.0 Å². The van der Waals surface area contributed by atoms with E-state index < -0.39 is 5.97 Å². The van der Waals surface area contributed by atoms with Crippen LogP contribution in [0.1, 0.15) is 6.92 Å². The van der Waals surface area contributed by atoms with Gasteiger partial charge in [-0.15, -0.1) is 0 Å². The van der Waals surface area contributed by atoms with Gasteiger partial charge in [-0.1, -0.05) is 0 Å². The molecule has 0 unspecified atom stereocenters. The second-order valence-corrected chi connectivity index (χ2v) is 2.71. The number of hydrogen-bond acceptors (Lipinski definition) is 4. The highest BCUT2D eigenvalue weighted by molar-refractivity contribution is 6.23. The van der Waals surface area contributed by atoms with Crippen LogP contribution in [-0.4, -0.2) is 25.9 Å². The standard InChI is InChI=1S/C11H13NO3/c1-3-15-11(13)8-12-9-4-6-10(14-2)7-5-9/h4-8H,3H2,1-2H3/b12-8+. The van der Waals surface area contributed by atoms with E-state index in [4.69, 9.17) is 9.47 Å². The second kappa shape index (κ2) is 5.80. The Morgan fingerprint density at radius 1 is 1.40 bits per heavy atom. The van der Waals surface area contributed by atoms with E-state index in [0.717, 1.165) is 12.0 Å². The van der Waals surface area contributed by atoms with E-state index in [0.29, 0.717) is 12.3 Å². The zero-order valence-electron chi connectivity index (χ0n) is 8.77. The minimum atomic E-state index is -0.437. The number of carbonyl (C=O) groups is 1. The van der Waals surface area contributed by atoms with Gasteiger partial charge < -0.3 is 9.47 Å². The molecule has 15 heavy (non-hydrogen) atoms. The Labute approximate surface area is 88.5 Å². The first-order valence-electron chi connectivity index (χ1n) is 4.61. The lowest BCUT2D eigenvalue weighted by molar-refractivity contribution is -0.134. The average Bonchev–Trinajstić information content (AvgIpc) is 2.27. The molecule has 0 atom stereocenters. The minimum Gasteiger partial charge on any atom is -0.497 e. The lowest BCUT2D eigenvalue weighted by Crippen LogP contribution is -2.04. The quantitative estimate of drug-likeness (QED) is 0.560. The van der Waals surface area contributed by atoms with Crippen molar-refractivity contribution in [2.24, 2.45) is 4.99 Å². The number of carbonyl (C=O) groups excluding carboxylic acids is 1. The molecule has 0 saturated carbocycles. The summed E-state index contributed by atoms with van der Waals surface area (Å²) in [5, 5.41) is 0. The van der Waals surface area contributed by atoms with Gasteiger partial charge in [0.25, 0.3) is 0 Å². The van der Waals surface area contributed by atoms with E-state index in [1.807, 2.05) is 0 Å². The van der Waals surface area contributed by atoms with Crippen molar-refractivity contribution in [3.63, 3.8) is 0 Å². The number of aliphatic imine (C=N–C) groups is 1. The maximum Gasteiger partial charge on any atom is 0.349 e. The lowest BCUT2D eigenvalue weighted by Gasteiger charge is -1.98. The molecule has 0 N–H and O–H groups in total. The summed E-state index contributed by atoms with van der Waals surface area (Å²) in [5.74, 6) is 0.318. The monoisotopic (exact) mass is 207 g/mol. The second-order valence-electron chi connectivity index (χ2n) is 2.71. The van der Waals surface area contributed by atoms with Crippen molar-refractivity contribution in [3.05, 3.63) is 24.3 Å². The van der Waals surface area contributed by atoms with Crippen molar-refractivity contribution in [2.45, 2.75) is 6.92 Å². The molecule has 80 valence electrons. The summed E-state index contributed by atoms with van der Waals surface area (Å²) in [6, 6.07) is 7.07. The summed E-state index contributed by atoms with van der Waals surface area (Å²) < 4.78 is 9.69. The van der Waals surface area contributed by atoms with Gasteiger partial charge in [0.15, 0.2) is 0 Å². The van der Waals surface area contributed by atoms with Crippen molar-refractivity contribution in [1.82, 2.24) is 0 Å². The summed E-state index contributed by atoms with van der Waals surface area (Å²) in [6.45, 7) is 2.10. The normalized spacial score (nSPS) is 10.3. The highest BCUT2D eigenvalue weighted by Crippen LogP contribution is 2.16. The molecule has 0 bridgehead atoms. The fourth-order valence-corrected chi connectivity index (χ4v) is 0.975. The van der Waals surface area contributed by atoms with Crippen molar-refractivity contribution >= 4 is 17.9 Å². The van der Waals surface area contributed by atoms with Crippen LogP contribution in [0.4, 0.5) is 5.69 Å². The number of nitrogens with zero attached hydrogens (tertiary/aromatic N) is 1. The van der Waals surface area contributed by atoms with Gasteiger partial charge in [-0.3, -0.25) is 0 Å². The average molecular weight is 207 g/mol. The molecule has 4 heteroatoms. The molecule has 0 amide bonds. The first kappa shape index (κ1) is 11.2. The summed E-state index contributed by atoms with van der Waals surface area (Å²) >= 11 is 0. The molecule has 0 aliphatic carbocycles. The predicted octanol–water partition coefficient (Wildman–Crippen LogP) is 1.96. The van der Waals surface area contributed by atoms with E-state index in [1.165, 1.54) is 0 Å². The van der Waals surface area contributed by atoms with Crippen LogP contribution < -0.4 is 4.74 Å². The Kier molecular flexibility index (Phi) is 4.34. The van der Waals surface area contributed by atoms with Crippen LogP contribution in [0.25, 0.3) is 0 Å². The minimum absolute atomic E-state index is 0.355. The molecule has 1 rings (SSSR count). The van der Waals surface area contributed by atoms with Crippen LogP contribution in [0.5, 0.6) is 5.75 Å². The third-order valence-electron chi connectivity index (χ3n) is 1.68. The first-order chi connectivity index (χ1) is 7.26. The Morgan fingerprint density at radius 3 is 2.60 bits per heavy atom. The highest BCUT2D eigenvalue weighted by atomic mass is 16.5. The summed E-state index contributed by atoms with van der Waals surface area (Å²) in [5.41, 5.74) is 0.684. The number of ether oxygens (including phenoxy) is 2. The zero-order valence-corrected chi connectivity index (χ0v) is 8.77. The Hall–Kier alpha value is -1.84. The molecule has 0 aliphatic rings. The van der Waals surface area contributed by atoms with Gasteiger partial charge in [0.2, 0.25) is 0 Å². The van der Waals surface area contributed by atoms with E-state index in [2.05, 4.69) is 4.99 Å². The molecule has 0 heterocycles. The summed E-state index contributed by atoms with van der Waals surface area (Å²) in [4.78, 5) is 14.9. The maximum atomic E-state index is 10.9. The molecular weight excluding hydrogens is 194 g/mol. The van der Waals surface area contributed by atoms with Crippen molar-refractivity contribution in [2.75, 3.05) is 13.7 Å². The Balaban J connectivity index is 2.60. The largest absolute Gasteiger partial charge is 0.497 e. The third-order valence-corrected chi connectivity index (χ3v) is 1.68. The molecule has 0 radical (unpaired) electrons. The Morgan fingerprint density at radius 2 is 2.07 bits per heavy atom. The van der Waals surface area contributed by atoms with Gasteiger partial charge in [-0.2, -0.15) is 0 Å². The van der Waals surface area contributed by atoms with Crippen LogP contribution in [0.2, 0.25) is 0 Å². The molecule has 0 saturated heterocycles. The van der Waals surface area contributed by atoms with Crippen LogP contribution in [0.3, 0.4) is 0 Å². The van der Waals surface area contributed by atoms with Crippen LogP contribution in [0, 0.1) is 0 Å². The molecule has 1 aromatic carbocycles. The maximum absolute atomic E-state index is 10.9. The van der Waals surface area contributed by atoms with Crippen LogP contribution in [0.15, 0.2) is 29.3 Å². The summed E-state index contributed by atoms with van der Waals surface area (Å²) in [6.07, 6.45) is 1.16. The molecule has 1 aromatic rings. The topological polar surface area (TPSA) is 47.9 Å². The van der Waals surface area contributed by atoms with Crippen molar-refractivity contribution in [1.29, 1.82) is 0 Å². The van der Waals surface area contributed by atoms with Crippen LogP contribution in [-0.2, 0) is 9.53 Å². The van der Waals surface area contributed by atoms with Gasteiger partial charge in [0, 0.05) is 0 Å². The van der Waals surface area contributed by atoms with Crippen LogP contribution >= 0.6 is 0 Å². The number of benzene rings is 1. The lowest BCUT2D eigenvalue weighted by atomic mass is 10.3. The smallest absolute Gasteiger partial charge is 0.349 e. The predicted molar refractivity (Wildman–Crippen MR) is 57.8 cm³/mol. The van der Waals surface area contributed by atoms with Gasteiger partial charge in [0.05, 0.1) is 19.4 Å². The zero-order chi connectivity index (χ0) is 11.1. The molecule has 0 aromatic heterocycles. The molecule has 0 spiro atoms. The number of esters is 1. The van der Waals surface area contributed by atoms with Gasteiger partial charge >= 0.3 is 5.97 Å².